The number of carbonyl (C=O) groups is 2. The third kappa shape index (κ3) is 12.4. The fraction of sp³-hybridized carbons (Fsp3) is 0.875. The molecule has 0 saturated heterocycles. The van der Waals surface area contributed by atoms with Crippen molar-refractivity contribution in [3.63, 3.8) is 0 Å². The van der Waals surface area contributed by atoms with Crippen LogP contribution in [0.4, 0.5) is 0 Å². The van der Waals surface area contributed by atoms with Gasteiger partial charge in [0, 0.05) is 13.8 Å². The molecule has 21 heavy (non-hydrogen) atoms. The Morgan fingerprint density at radius 1 is 0.810 bits per heavy atom. The lowest BCUT2D eigenvalue weighted by Gasteiger charge is -2.23. The average Bonchev–Trinajstić information content (AvgIpc) is 2.37. The third-order valence-electron chi connectivity index (χ3n) is 3.05. The summed E-state index contributed by atoms with van der Waals surface area (Å²) in [5, 5.41) is 4.41. The van der Waals surface area contributed by atoms with Gasteiger partial charge in [-0.15, -0.1) is 0 Å². The van der Waals surface area contributed by atoms with E-state index in [0.717, 1.165) is 38.5 Å². The Bertz CT molecular complexity index is 266. The molecule has 5 heteroatoms. The van der Waals surface area contributed by atoms with Crippen molar-refractivity contribution in [1.29, 1.82) is 0 Å². The number of unbranched alkanes of at least 4 members (excludes halogenated alkanes) is 4. The van der Waals surface area contributed by atoms with Gasteiger partial charge in [-0.05, 0) is 25.7 Å². The van der Waals surface area contributed by atoms with Crippen LogP contribution in [0, 0.1) is 0 Å². The second-order valence-corrected chi connectivity index (χ2v) is 5.27. The maximum atomic E-state index is 11.2. The number of carbonyl (C=O) groups excluding carboxylic acids is 2. The van der Waals surface area contributed by atoms with Crippen LogP contribution in [-0.2, 0) is 19.1 Å². The minimum Gasteiger partial charge on any atom is -0.445 e. The maximum absolute atomic E-state index is 11.2. The van der Waals surface area contributed by atoms with E-state index in [1.165, 1.54) is 13.8 Å². The summed E-state index contributed by atoms with van der Waals surface area (Å²) in [6, 6.07) is 0. The maximum Gasteiger partial charge on any atom is 0.304 e. The SMILES string of the molecule is CCCCCC([N]C(CCCCC)OC(C)=O)OC(C)=O. The molecule has 0 amide bonds. The monoisotopic (exact) mass is 300 g/mol. The van der Waals surface area contributed by atoms with Gasteiger partial charge in [-0.2, -0.15) is 5.32 Å². The van der Waals surface area contributed by atoms with Gasteiger partial charge in [0.2, 0.25) is 0 Å². The largest absolute Gasteiger partial charge is 0.445 e. The molecule has 0 spiro atoms. The Morgan fingerprint density at radius 2 is 1.19 bits per heavy atom. The molecule has 0 aromatic carbocycles. The number of rotatable bonds is 12. The van der Waals surface area contributed by atoms with E-state index in [4.69, 9.17) is 9.47 Å². The van der Waals surface area contributed by atoms with Gasteiger partial charge in [0.15, 0.2) is 12.5 Å². The molecule has 0 aliphatic carbocycles. The van der Waals surface area contributed by atoms with Crippen molar-refractivity contribution in [3.05, 3.63) is 0 Å². The molecule has 2 atom stereocenters. The number of esters is 2. The molecule has 0 heterocycles. The molecule has 0 rings (SSSR count). The molecule has 0 aliphatic heterocycles. The van der Waals surface area contributed by atoms with Crippen LogP contribution in [0.15, 0.2) is 0 Å². The lowest BCUT2D eigenvalue weighted by molar-refractivity contribution is -0.157. The lowest BCUT2D eigenvalue weighted by atomic mass is 10.1. The normalized spacial score (nSPS) is 13.5. The van der Waals surface area contributed by atoms with Gasteiger partial charge in [0.25, 0.3) is 0 Å². The number of hydrogen-bond donors (Lipinski definition) is 0. The topological polar surface area (TPSA) is 66.7 Å². The van der Waals surface area contributed by atoms with E-state index >= 15 is 0 Å². The van der Waals surface area contributed by atoms with Crippen LogP contribution in [0.5, 0.6) is 0 Å². The Balaban J connectivity index is 4.43. The Labute approximate surface area is 128 Å². The lowest BCUT2D eigenvalue weighted by Crippen LogP contribution is -2.37. The number of hydrogen-bond acceptors (Lipinski definition) is 4. The van der Waals surface area contributed by atoms with Gasteiger partial charge in [-0.3, -0.25) is 9.59 Å². The first kappa shape index (κ1) is 19.9. The van der Waals surface area contributed by atoms with Gasteiger partial charge in [-0.25, -0.2) is 0 Å². The number of nitrogens with zero attached hydrogens (tertiary/aromatic N) is 1. The van der Waals surface area contributed by atoms with Crippen LogP contribution >= 0.6 is 0 Å². The molecule has 0 N–H and O–H groups in total. The summed E-state index contributed by atoms with van der Waals surface area (Å²) in [4.78, 5) is 22.3. The van der Waals surface area contributed by atoms with Crippen molar-refractivity contribution in [1.82, 2.24) is 5.32 Å². The van der Waals surface area contributed by atoms with Crippen LogP contribution in [0.1, 0.15) is 79.1 Å². The average molecular weight is 300 g/mol. The molecule has 0 fully saturated rings. The van der Waals surface area contributed by atoms with Crippen molar-refractivity contribution in [2.24, 2.45) is 0 Å². The molecular weight excluding hydrogens is 270 g/mol. The molecule has 1 radical (unpaired) electrons. The van der Waals surface area contributed by atoms with Crippen molar-refractivity contribution in [2.75, 3.05) is 0 Å². The van der Waals surface area contributed by atoms with Crippen molar-refractivity contribution < 1.29 is 19.1 Å². The highest BCUT2D eigenvalue weighted by molar-refractivity contribution is 5.66. The predicted octanol–water partition coefficient (Wildman–Crippen LogP) is 3.53. The first-order valence-electron chi connectivity index (χ1n) is 8.04. The van der Waals surface area contributed by atoms with Gasteiger partial charge >= 0.3 is 11.9 Å². The van der Waals surface area contributed by atoms with Crippen LogP contribution in [0.2, 0.25) is 0 Å². The summed E-state index contributed by atoms with van der Waals surface area (Å²) in [5.74, 6) is -0.703. The first-order valence-corrected chi connectivity index (χ1v) is 8.04. The standard InChI is InChI=1S/C16H30NO4/c1-5-7-9-11-15(20-13(3)18)17-16(21-14(4)19)12-10-8-6-2/h15-16H,5-12H2,1-4H3. The summed E-state index contributed by atoms with van der Waals surface area (Å²) in [6.45, 7) is 6.98. The third-order valence-corrected chi connectivity index (χ3v) is 3.05. The van der Waals surface area contributed by atoms with Gasteiger partial charge in [0.1, 0.15) is 0 Å². The quantitative estimate of drug-likeness (QED) is 0.408. The highest BCUT2D eigenvalue weighted by Crippen LogP contribution is 2.12. The van der Waals surface area contributed by atoms with Crippen LogP contribution in [0.25, 0.3) is 0 Å². The molecule has 0 saturated carbocycles. The minimum absolute atomic E-state index is 0.351. The van der Waals surface area contributed by atoms with E-state index in [1.54, 1.807) is 0 Å². The molecule has 0 aliphatic rings. The molecule has 5 nitrogen and oxygen atoms in total. The van der Waals surface area contributed by atoms with Crippen molar-refractivity contribution in [3.8, 4) is 0 Å². The van der Waals surface area contributed by atoms with Crippen LogP contribution in [-0.4, -0.2) is 24.4 Å². The van der Waals surface area contributed by atoms with E-state index in [2.05, 4.69) is 19.2 Å². The fourth-order valence-corrected chi connectivity index (χ4v) is 2.03. The van der Waals surface area contributed by atoms with E-state index in [0.29, 0.717) is 12.8 Å². The minimum atomic E-state index is -0.514. The van der Waals surface area contributed by atoms with E-state index in [-0.39, 0.29) is 11.9 Å². The highest BCUT2D eigenvalue weighted by Gasteiger charge is 2.21. The molecule has 0 aromatic heterocycles. The molecule has 0 bridgehead atoms. The van der Waals surface area contributed by atoms with Crippen molar-refractivity contribution >= 4 is 11.9 Å². The molecule has 0 aromatic rings. The van der Waals surface area contributed by atoms with E-state index in [9.17, 15) is 9.59 Å². The number of ether oxygens (including phenoxy) is 2. The van der Waals surface area contributed by atoms with Crippen molar-refractivity contribution in [2.45, 2.75) is 91.5 Å². The highest BCUT2D eigenvalue weighted by atomic mass is 16.6. The van der Waals surface area contributed by atoms with Crippen LogP contribution < -0.4 is 5.32 Å². The zero-order valence-electron chi connectivity index (χ0n) is 13.9. The Morgan fingerprint density at radius 3 is 1.48 bits per heavy atom. The zero-order chi connectivity index (χ0) is 16.1. The summed E-state index contributed by atoms with van der Waals surface area (Å²) in [5.41, 5.74) is 0. The fourth-order valence-electron chi connectivity index (χ4n) is 2.03. The van der Waals surface area contributed by atoms with Gasteiger partial charge in [0.05, 0.1) is 0 Å². The smallest absolute Gasteiger partial charge is 0.304 e. The summed E-state index contributed by atoms with van der Waals surface area (Å²) in [6.07, 6.45) is 6.55. The predicted molar refractivity (Wildman–Crippen MR) is 81.5 cm³/mol. The molecule has 123 valence electrons. The first-order chi connectivity index (χ1) is 9.99. The zero-order valence-corrected chi connectivity index (χ0v) is 13.9. The second kappa shape index (κ2) is 12.6. The summed E-state index contributed by atoms with van der Waals surface area (Å²) >= 11 is 0. The molecule has 2 unspecified atom stereocenters. The van der Waals surface area contributed by atoms with E-state index < -0.39 is 12.5 Å². The summed E-state index contributed by atoms with van der Waals surface area (Å²) in [7, 11) is 0. The van der Waals surface area contributed by atoms with E-state index in [1.807, 2.05) is 0 Å². The van der Waals surface area contributed by atoms with Gasteiger partial charge in [-0.1, -0.05) is 39.5 Å². The van der Waals surface area contributed by atoms with Crippen LogP contribution in [0.3, 0.4) is 0 Å². The summed E-state index contributed by atoms with van der Waals surface area (Å²) < 4.78 is 10.4. The molecular formula is C16H30NO4. The Kier molecular flexibility index (Phi) is 12.0. The second-order valence-electron chi connectivity index (χ2n) is 5.27. The Hall–Kier alpha value is -1.10. The van der Waals surface area contributed by atoms with Gasteiger partial charge < -0.3 is 9.47 Å².